The first-order chi connectivity index (χ1) is 6.41. The molecule has 0 saturated heterocycles. The number of nitrogens with one attached hydrogen (secondary N) is 1. The van der Waals surface area contributed by atoms with E-state index < -0.39 is 5.60 Å². The highest BCUT2D eigenvalue weighted by molar-refractivity contribution is 5.83. The van der Waals surface area contributed by atoms with Crippen LogP contribution in [-0.2, 0) is 4.79 Å². The van der Waals surface area contributed by atoms with Gasteiger partial charge in [-0.3, -0.25) is 4.79 Å². The van der Waals surface area contributed by atoms with E-state index in [-0.39, 0.29) is 5.91 Å². The highest BCUT2D eigenvalue weighted by Gasteiger charge is 2.26. The third kappa shape index (κ3) is 3.64. The highest BCUT2D eigenvalue weighted by Crippen LogP contribution is 2.24. The minimum absolute atomic E-state index is 0.304. The Morgan fingerprint density at radius 1 is 1.57 bits per heavy atom. The first kappa shape index (κ1) is 11.5. The fourth-order valence-electron chi connectivity index (χ4n) is 1.26. The number of nitrogens with zero attached hydrogens (tertiary/aromatic N) is 1. The summed E-state index contributed by atoms with van der Waals surface area (Å²) in [6.07, 6.45) is 2.55. The molecule has 1 aliphatic carbocycles. The quantitative estimate of drug-likeness (QED) is 0.655. The zero-order valence-electron chi connectivity index (χ0n) is 9.21. The molecule has 0 spiro atoms. The number of amides is 1. The molecule has 4 heteroatoms. The van der Waals surface area contributed by atoms with Gasteiger partial charge in [0.25, 0.3) is 5.91 Å². The smallest absolute Gasteiger partial charge is 0.251 e. The van der Waals surface area contributed by atoms with Gasteiger partial charge in [0.05, 0.1) is 0 Å². The van der Waals surface area contributed by atoms with Crippen LogP contribution in [0.25, 0.3) is 0 Å². The van der Waals surface area contributed by atoms with Crippen LogP contribution >= 0.6 is 0 Å². The predicted octanol–water partition coefficient (Wildman–Crippen LogP) is -0.0323. The van der Waals surface area contributed by atoms with Gasteiger partial charge in [-0.2, -0.15) is 0 Å². The van der Waals surface area contributed by atoms with E-state index in [0.717, 1.165) is 6.54 Å². The van der Waals surface area contributed by atoms with Crippen LogP contribution in [0.4, 0.5) is 0 Å². The lowest BCUT2D eigenvalue weighted by atomic mass is 10.1. The molecule has 1 saturated carbocycles. The summed E-state index contributed by atoms with van der Waals surface area (Å²) in [5, 5.41) is 12.1. The molecule has 82 valence electrons. The monoisotopic (exact) mass is 200 g/mol. The van der Waals surface area contributed by atoms with E-state index in [4.69, 9.17) is 0 Å². The second kappa shape index (κ2) is 4.28. The summed E-state index contributed by atoms with van der Waals surface area (Å²) in [4.78, 5) is 13.5. The van der Waals surface area contributed by atoms with E-state index in [1.807, 2.05) is 0 Å². The van der Waals surface area contributed by atoms with Gasteiger partial charge < -0.3 is 15.3 Å². The predicted molar refractivity (Wildman–Crippen MR) is 55.0 cm³/mol. The molecule has 0 atom stereocenters. The Bertz CT molecular complexity index is 207. The van der Waals surface area contributed by atoms with E-state index in [1.54, 1.807) is 0 Å². The topological polar surface area (TPSA) is 52.6 Å². The fraction of sp³-hybridized carbons (Fsp3) is 0.900. The zero-order valence-corrected chi connectivity index (χ0v) is 9.21. The lowest BCUT2D eigenvalue weighted by Crippen LogP contribution is -2.44. The molecule has 1 fully saturated rings. The van der Waals surface area contributed by atoms with Gasteiger partial charge in [-0.1, -0.05) is 0 Å². The van der Waals surface area contributed by atoms with Crippen molar-refractivity contribution in [3.05, 3.63) is 0 Å². The average molecular weight is 200 g/mol. The SMILES string of the molecule is CN(CCNC(=O)C(C)(C)O)C1CC1. The van der Waals surface area contributed by atoms with Crippen molar-refractivity contribution in [1.29, 1.82) is 0 Å². The maximum atomic E-state index is 11.3. The number of hydrogen-bond donors (Lipinski definition) is 2. The Balaban J connectivity index is 2.11. The minimum atomic E-state index is -1.27. The van der Waals surface area contributed by atoms with Crippen molar-refractivity contribution in [2.45, 2.75) is 38.3 Å². The summed E-state index contributed by atoms with van der Waals surface area (Å²) >= 11 is 0. The van der Waals surface area contributed by atoms with Crippen LogP contribution in [0.15, 0.2) is 0 Å². The van der Waals surface area contributed by atoms with Gasteiger partial charge in [-0.25, -0.2) is 0 Å². The molecule has 0 aromatic heterocycles. The molecule has 0 bridgehead atoms. The summed E-state index contributed by atoms with van der Waals surface area (Å²) in [5.74, 6) is -0.304. The Morgan fingerprint density at radius 3 is 2.57 bits per heavy atom. The second-order valence-electron chi connectivity index (χ2n) is 4.53. The number of aliphatic hydroxyl groups is 1. The molecular formula is C10H20N2O2. The van der Waals surface area contributed by atoms with Crippen LogP contribution in [0.3, 0.4) is 0 Å². The molecule has 1 aliphatic rings. The number of hydrogen-bond acceptors (Lipinski definition) is 3. The molecule has 2 N–H and O–H groups in total. The zero-order chi connectivity index (χ0) is 10.8. The first-order valence-corrected chi connectivity index (χ1v) is 5.12. The van der Waals surface area contributed by atoms with Crippen LogP contribution in [0.2, 0.25) is 0 Å². The number of carbonyl (C=O) groups is 1. The van der Waals surface area contributed by atoms with Crippen molar-refractivity contribution in [1.82, 2.24) is 10.2 Å². The molecule has 14 heavy (non-hydrogen) atoms. The Morgan fingerprint density at radius 2 is 2.14 bits per heavy atom. The van der Waals surface area contributed by atoms with Crippen LogP contribution in [0, 0.1) is 0 Å². The van der Waals surface area contributed by atoms with Gasteiger partial charge in [-0.15, -0.1) is 0 Å². The van der Waals surface area contributed by atoms with Gasteiger partial charge in [0, 0.05) is 19.1 Å². The van der Waals surface area contributed by atoms with Gasteiger partial charge >= 0.3 is 0 Å². The summed E-state index contributed by atoms with van der Waals surface area (Å²) in [6, 6.07) is 0.717. The van der Waals surface area contributed by atoms with Crippen molar-refractivity contribution >= 4 is 5.91 Å². The standard InChI is InChI=1S/C10H20N2O2/c1-10(2,14)9(13)11-6-7-12(3)8-4-5-8/h8,14H,4-7H2,1-3H3,(H,11,13). The van der Waals surface area contributed by atoms with Crippen LogP contribution in [0.1, 0.15) is 26.7 Å². The summed E-state index contributed by atoms with van der Waals surface area (Å²) in [5.41, 5.74) is -1.27. The normalized spacial score (nSPS) is 17.2. The molecule has 1 amide bonds. The van der Waals surface area contributed by atoms with Crippen molar-refractivity contribution in [3.63, 3.8) is 0 Å². The number of rotatable bonds is 5. The van der Waals surface area contributed by atoms with Crippen molar-refractivity contribution in [2.24, 2.45) is 0 Å². The van der Waals surface area contributed by atoms with Gasteiger partial charge in [0.1, 0.15) is 5.60 Å². The lowest BCUT2D eigenvalue weighted by molar-refractivity contribution is -0.136. The molecule has 0 heterocycles. The average Bonchev–Trinajstić information content (AvgIpc) is 2.84. The third-order valence-electron chi connectivity index (χ3n) is 2.48. The van der Waals surface area contributed by atoms with Gasteiger partial charge in [0.2, 0.25) is 0 Å². The number of likely N-dealkylation sites (N-methyl/N-ethyl adjacent to an activating group) is 1. The maximum absolute atomic E-state index is 11.3. The largest absolute Gasteiger partial charge is 0.381 e. The highest BCUT2D eigenvalue weighted by atomic mass is 16.3. The van der Waals surface area contributed by atoms with E-state index in [2.05, 4.69) is 17.3 Å². The molecule has 0 radical (unpaired) electrons. The third-order valence-corrected chi connectivity index (χ3v) is 2.48. The molecule has 0 aliphatic heterocycles. The summed E-state index contributed by atoms with van der Waals surface area (Å²) in [7, 11) is 2.06. The summed E-state index contributed by atoms with van der Waals surface area (Å²) < 4.78 is 0. The second-order valence-corrected chi connectivity index (χ2v) is 4.53. The molecule has 4 nitrogen and oxygen atoms in total. The van der Waals surface area contributed by atoms with E-state index in [9.17, 15) is 9.90 Å². The number of carbonyl (C=O) groups excluding carboxylic acids is 1. The molecule has 0 aromatic carbocycles. The molecule has 0 aromatic rings. The van der Waals surface area contributed by atoms with E-state index in [1.165, 1.54) is 26.7 Å². The van der Waals surface area contributed by atoms with Gasteiger partial charge in [-0.05, 0) is 33.7 Å². The van der Waals surface area contributed by atoms with Crippen molar-refractivity contribution < 1.29 is 9.90 Å². The first-order valence-electron chi connectivity index (χ1n) is 5.12. The summed E-state index contributed by atoms with van der Waals surface area (Å²) in [6.45, 7) is 4.45. The molecule has 0 unspecified atom stereocenters. The van der Waals surface area contributed by atoms with Crippen LogP contribution in [0.5, 0.6) is 0 Å². The van der Waals surface area contributed by atoms with E-state index >= 15 is 0 Å². The van der Waals surface area contributed by atoms with E-state index in [0.29, 0.717) is 12.6 Å². The van der Waals surface area contributed by atoms with Crippen molar-refractivity contribution in [3.8, 4) is 0 Å². The Labute approximate surface area is 85.3 Å². The Kier molecular flexibility index (Phi) is 3.50. The molecule has 1 rings (SSSR count). The Hall–Kier alpha value is -0.610. The van der Waals surface area contributed by atoms with Crippen LogP contribution in [-0.4, -0.2) is 47.7 Å². The van der Waals surface area contributed by atoms with Crippen LogP contribution < -0.4 is 5.32 Å². The maximum Gasteiger partial charge on any atom is 0.251 e. The van der Waals surface area contributed by atoms with Gasteiger partial charge in [0.15, 0.2) is 0 Å². The minimum Gasteiger partial charge on any atom is -0.381 e. The fourth-order valence-corrected chi connectivity index (χ4v) is 1.26. The van der Waals surface area contributed by atoms with Crippen molar-refractivity contribution in [2.75, 3.05) is 20.1 Å². The lowest BCUT2D eigenvalue weighted by Gasteiger charge is -2.19. The molecular weight excluding hydrogens is 180 g/mol.